The number of H-pyrrole nitrogens is 1. The van der Waals surface area contributed by atoms with Crippen LogP contribution in [0.3, 0.4) is 0 Å². The lowest BCUT2D eigenvalue weighted by molar-refractivity contribution is -0.0969. The van der Waals surface area contributed by atoms with Crippen molar-refractivity contribution in [2.75, 3.05) is 0 Å². The highest BCUT2D eigenvalue weighted by Crippen LogP contribution is 2.35. The van der Waals surface area contributed by atoms with Crippen molar-refractivity contribution in [3.63, 3.8) is 0 Å². The molecule has 0 saturated carbocycles. The summed E-state index contributed by atoms with van der Waals surface area (Å²) in [6, 6.07) is 5.99. The minimum atomic E-state index is -3.77. The number of rotatable bonds is 6. The molecule has 134 valence electrons. The predicted octanol–water partition coefficient (Wildman–Crippen LogP) is 4.94. The minimum Gasteiger partial charge on any atom is -0.453 e. The molecule has 0 aliphatic carbocycles. The van der Waals surface area contributed by atoms with E-state index < -0.39 is 6.01 Å². The number of halogens is 2. The Hall–Kier alpha value is -2.57. The lowest BCUT2D eigenvalue weighted by atomic mass is 10.1. The Morgan fingerprint density at radius 1 is 1.19 bits per heavy atom. The number of ether oxygens (including phenoxy) is 1. The van der Waals surface area contributed by atoms with E-state index in [2.05, 4.69) is 36.4 Å². The third-order valence-electron chi connectivity index (χ3n) is 3.83. The normalized spacial score (nSPS) is 11.9. The van der Waals surface area contributed by atoms with Crippen LogP contribution in [0.25, 0.3) is 22.9 Å². The Morgan fingerprint density at radius 3 is 2.58 bits per heavy atom. The van der Waals surface area contributed by atoms with Gasteiger partial charge in [0.15, 0.2) is 11.6 Å². The molecule has 0 spiro atoms. The third kappa shape index (κ3) is 4.15. The van der Waals surface area contributed by atoms with Gasteiger partial charge in [0.2, 0.25) is 7.85 Å². The van der Waals surface area contributed by atoms with Crippen LogP contribution < -0.4 is 4.74 Å². The molecule has 1 aromatic carbocycles. The second-order valence-corrected chi connectivity index (χ2v) is 6.58. The summed E-state index contributed by atoms with van der Waals surface area (Å²) < 4.78 is 36.4. The topological polar surface area (TPSA) is 51.0 Å². The zero-order chi connectivity index (χ0) is 18.9. The van der Waals surface area contributed by atoms with E-state index >= 15 is 0 Å². The molecule has 4 nitrogen and oxygen atoms in total. The number of furan rings is 1. The molecule has 0 unspecified atom stereocenters. The first kappa shape index (κ1) is 18.2. The predicted molar refractivity (Wildman–Crippen MR) is 96.3 cm³/mol. The quantitative estimate of drug-likeness (QED) is 0.637. The van der Waals surface area contributed by atoms with Crippen molar-refractivity contribution in [1.29, 1.82) is 0 Å². The zero-order valence-corrected chi connectivity index (χ0v) is 14.8. The molecule has 7 heteroatoms. The second-order valence-electron chi connectivity index (χ2n) is 6.58. The molecule has 0 aliphatic heterocycles. The van der Waals surface area contributed by atoms with E-state index in [9.17, 15) is 8.78 Å². The van der Waals surface area contributed by atoms with Crippen LogP contribution in [-0.2, 0) is 6.42 Å². The number of para-hydroxylation sites is 1. The Morgan fingerprint density at radius 2 is 1.88 bits per heavy atom. The van der Waals surface area contributed by atoms with Gasteiger partial charge < -0.3 is 14.1 Å². The third-order valence-corrected chi connectivity index (χ3v) is 3.83. The monoisotopic (exact) mass is 356 g/mol. The van der Waals surface area contributed by atoms with Crippen molar-refractivity contribution in [2.45, 2.75) is 33.2 Å². The maximum Gasteiger partial charge on any atom is 0.335 e. The Balaban J connectivity index is 1.92. The van der Waals surface area contributed by atoms with Crippen LogP contribution in [-0.4, -0.2) is 23.8 Å². The molecule has 3 aromatic rings. The lowest BCUT2D eigenvalue weighted by Crippen LogP contribution is -2.24. The zero-order valence-electron chi connectivity index (χ0n) is 14.8. The van der Waals surface area contributed by atoms with Gasteiger partial charge in [-0.25, -0.2) is 4.98 Å². The fraction of sp³-hybridized carbons (Fsp3) is 0.316. The van der Waals surface area contributed by atoms with Crippen molar-refractivity contribution < 1.29 is 17.9 Å². The van der Waals surface area contributed by atoms with Crippen LogP contribution in [0.4, 0.5) is 8.78 Å². The van der Waals surface area contributed by atoms with Gasteiger partial charge in [-0.3, -0.25) is 0 Å². The Labute approximate surface area is 152 Å². The number of benzene rings is 1. The van der Waals surface area contributed by atoms with Gasteiger partial charge in [0.1, 0.15) is 11.5 Å². The molecule has 2 radical (unpaired) electrons. The van der Waals surface area contributed by atoms with E-state index in [1.165, 1.54) is 6.07 Å². The lowest BCUT2D eigenvalue weighted by Gasteiger charge is -2.16. The van der Waals surface area contributed by atoms with Gasteiger partial charge in [-0.05, 0) is 43.5 Å². The number of nitrogens with zero attached hydrogens (tertiary/aromatic N) is 1. The number of aryl methyl sites for hydroxylation is 1. The molecule has 0 aliphatic rings. The van der Waals surface area contributed by atoms with Crippen molar-refractivity contribution >= 4 is 7.85 Å². The van der Waals surface area contributed by atoms with E-state index in [1.807, 2.05) is 6.92 Å². The number of aromatic amines is 1. The molecular formula is C19H19BF2N2O2. The summed E-state index contributed by atoms with van der Waals surface area (Å²) in [5.41, 5.74) is 2.35. The average molecular weight is 356 g/mol. The van der Waals surface area contributed by atoms with Gasteiger partial charge in [0.25, 0.3) is 0 Å². The number of hydrogen-bond donors (Lipinski definition) is 1. The van der Waals surface area contributed by atoms with E-state index in [-0.39, 0.29) is 5.75 Å². The largest absolute Gasteiger partial charge is 0.453 e. The Kier molecular flexibility index (Phi) is 4.89. The summed E-state index contributed by atoms with van der Waals surface area (Å²) in [6.45, 7) is 6.22. The maximum atomic E-state index is 13.0. The fourth-order valence-electron chi connectivity index (χ4n) is 2.71. The first-order valence-electron chi connectivity index (χ1n) is 8.33. The maximum absolute atomic E-state index is 13.0. The van der Waals surface area contributed by atoms with E-state index in [0.29, 0.717) is 28.8 Å². The van der Waals surface area contributed by atoms with Gasteiger partial charge in [-0.15, -0.1) is 0 Å². The highest BCUT2D eigenvalue weighted by atomic mass is 19.3. The molecule has 0 amide bonds. The molecule has 3 rings (SSSR count). The van der Waals surface area contributed by atoms with Gasteiger partial charge in [0.05, 0.1) is 11.3 Å². The van der Waals surface area contributed by atoms with Gasteiger partial charge in [-0.1, -0.05) is 26.0 Å². The fourth-order valence-corrected chi connectivity index (χ4v) is 2.71. The molecular weight excluding hydrogens is 337 g/mol. The van der Waals surface area contributed by atoms with Gasteiger partial charge in [0, 0.05) is 5.69 Å². The van der Waals surface area contributed by atoms with E-state index in [0.717, 1.165) is 17.8 Å². The van der Waals surface area contributed by atoms with Crippen LogP contribution >= 0.6 is 0 Å². The molecule has 0 bridgehead atoms. The van der Waals surface area contributed by atoms with Crippen LogP contribution in [0.2, 0.25) is 0 Å². The molecule has 0 saturated heterocycles. The van der Waals surface area contributed by atoms with Gasteiger partial charge in [-0.2, -0.15) is 8.78 Å². The van der Waals surface area contributed by atoms with Crippen LogP contribution in [0.5, 0.6) is 5.75 Å². The minimum absolute atomic E-state index is 0.0583. The second kappa shape index (κ2) is 6.98. The molecule has 2 aromatic heterocycles. The van der Waals surface area contributed by atoms with Gasteiger partial charge >= 0.3 is 6.01 Å². The van der Waals surface area contributed by atoms with Crippen molar-refractivity contribution in [2.24, 2.45) is 5.92 Å². The van der Waals surface area contributed by atoms with Crippen molar-refractivity contribution in [3.05, 3.63) is 47.8 Å². The summed E-state index contributed by atoms with van der Waals surface area (Å²) in [7, 11) is 4.67. The highest BCUT2D eigenvalue weighted by Gasteiger charge is 2.24. The molecule has 0 atom stereocenters. The Bertz CT molecular complexity index is 897. The molecule has 0 fully saturated rings. The standard InChI is InChI=1S/C19H19BF2N2O2/c1-11(2)10-14-12(3)23-18(24-14)17-9-8-15(25-17)13-6-4-5-7-16(13)26-19(20,21)22/h4-9,11H,10H2,1-3H3,(H,23,24). The van der Waals surface area contributed by atoms with Crippen molar-refractivity contribution in [1.82, 2.24) is 9.97 Å². The number of imidazole rings is 1. The summed E-state index contributed by atoms with van der Waals surface area (Å²) >= 11 is 0. The molecule has 26 heavy (non-hydrogen) atoms. The first-order chi connectivity index (χ1) is 12.2. The SMILES string of the molecule is [B]C(F)(F)Oc1ccccc1-c1ccc(-c2nc(CC(C)C)c(C)[nH]2)o1. The number of nitrogens with one attached hydrogen (secondary N) is 1. The van der Waals surface area contributed by atoms with Crippen molar-refractivity contribution in [3.8, 4) is 28.7 Å². The number of hydrogen-bond acceptors (Lipinski definition) is 3. The van der Waals surface area contributed by atoms with Crippen LogP contribution in [0.1, 0.15) is 25.2 Å². The van der Waals surface area contributed by atoms with E-state index in [1.54, 1.807) is 30.3 Å². The summed E-state index contributed by atoms with van der Waals surface area (Å²) in [4.78, 5) is 7.80. The molecule has 1 N–H and O–H groups in total. The summed E-state index contributed by atoms with van der Waals surface area (Å²) in [5.74, 6) is 1.94. The number of aromatic nitrogens is 2. The summed E-state index contributed by atoms with van der Waals surface area (Å²) in [5, 5.41) is 0. The van der Waals surface area contributed by atoms with Crippen LogP contribution in [0, 0.1) is 12.8 Å². The smallest absolute Gasteiger partial charge is 0.335 e. The van der Waals surface area contributed by atoms with E-state index in [4.69, 9.17) is 4.42 Å². The first-order valence-corrected chi connectivity index (χ1v) is 8.33. The molecule has 2 heterocycles. The number of alkyl halides is 2. The van der Waals surface area contributed by atoms with Crippen LogP contribution in [0.15, 0.2) is 40.8 Å². The average Bonchev–Trinajstić information content (AvgIpc) is 3.13. The highest BCUT2D eigenvalue weighted by molar-refractivity contribution is 6.12. The summed E-state index contributed by atoms with van der Waals surface area (Å²) in [6.07, 6.45) is 0.859.